The zero-order valence-electron chi connectivity index (χ0n) is 22.4. The van der Waals surface area contributed by atoms with Crippen LogP contribution in [0.15, 0.2) is 64.6 Å². The Bertz CT molecular complexity index is 1150. The van der Waals surface area contributed by atoms with Crippen molar-refractivity contribution in [3.63, 3.8) is 0 Å². The van der Waals surface area contributed by atoms with Crippen LogP contribution in [-0.4, -0.2) is 72.4 Å². The number of hydrogen-bond donors (Lipinski definition) is 0. The van der Waals surface area contributed by atoms with Gasteiger partial charge >= 0.3 is 5.97 Å². The van der Waals surface area contributed by atoms with Crippen LogP contribution in [0.1, 0.15) is 42.9 Å². The maximum absolute atomic E-state index is 13.5. The highest BCUT2D eigenvalue weighted by Crippen LogP contribution is 2.34. The van der Waals surface area contributed by atoms with Crippen LogP contribution >= 0.6 is 11.8 Å². The van der Waals surface area contributed by atoms with Crippen LogP contribution in [0.5, 0.6) is 0 Å². The molecule has 208 valence electrons. The van der Waals surface area contributed by atoms with Crippen LogP contribution in [0.25, 0.3) is 0 Å². The molecule has 2 heterocycles. The summed E-state index contributed by atoms with van der Waals surface area (Å²) in [5.74, 6) is -1.18. The quantitative estimate of drug-likeness (QED) is 0.156. The molecular weight excluding hydrogens is 516 g/mol. The molecule has 1 fully saturated rings. The van der Waals surface area contributed by atoms with Crippen molar-refractivity contribution in [2.75, 3.05) is 45.7 Å². The Morgan fingerprint density at radius 1 is 1.08 bits per heavy atom. The summed E-state index contributed by atoms with van der Waals surface area (Å²) in [7, 11) is 0. The predicted molar refractivity (Wildman–Crippen MR) is 155 cm³/mol. The van der Waals surface area contributed by atoms with E-state index in [9.17, 15) is 14.9 Å². The number of ether oxygens (including phenoxy) is 2. The maximum Gasteiger partial charge on any atom is 0.317 e. The number of nitro groups is 1. The monoisotopic (exact) mass is 552 g/mol. The molecule has 2 aromatic rings. The summed E-state index contributed by atoms with van der Waals surface area (Å²) in [5.41, 5.74) is 2.44. The Labute approximate surface area is 233 Å². The average molecular weight is 553 g/mol. The summed E-state index contributed by atoms with van der Waals surface area (Å²) >= 11 is 1.39. The molecule has 10 heteroatoms. The van der Waals surface area contributed by atoms with Gasteiger partial charge in [-0.05, 0) is 56.2 Å². The number of carbonyl (C=O) groups excluding carboxylic acids is 1. The van der Waals surface area contributed by atoms with E-state index in [0.717, 1.165) is 26.1 Å². The zero-order valence-corrected chi connectivity index (χ0v) is 23.2. The number of aryl methyl sites for hydroxylation is 1. The topological polar surface area (TPSA) is 107 Å². The van der Waals surface area contributed by atoms with E-state index in [-0.39, 0.29) is 18.9 Å². The van der Waals surface area contributed by atoms with E-state index >= 15 is 0 Å². The molecule has 0 aromatic heterocycles. The van der Waals surface area contributed by atoms with E-state index in [2.05, 4.69) is 22.0 Å². The van der Waals surface area contributed by atoms with Crippen molar-refractivity contribution in [1.82, 2.24) is 4.90 Å². The number of thioether (sulfide) groups is 1. The van der Waals surface area contributed by atoms with Gasteiger partial charge in [-0.2, -0.15) is 0 Å². The normalized spacial score (nSPS) is 19.7. The SMILES string of the molecule is CSC1=NC(c2ccc([N+](=O)[O-])cc2)C(C(=O)OCCCc2ccccc2)C(COCCN2CCCCC2)=N1. The molecule has 2 aromatic carbocycles. The smallest absolute Gasteiger partial charge is 0.317 e. The number of benzene rings is 2. The maximum atomic E-state index is 13.5. The number of hydrogen-bond acceptors (Lipinski definition) is 9. The number of rotatable bonds is 12. The van der Waals surface area contributed by atoms with Gasteiger partial charge in [0.25, 0.3) is 5.69 Å². The number of non-ortho nitro benzene ring substituents is 1. The fraction of sp³-hybridized carbons (Fsp3) is 0.483. The molecule has 2 unspecified atom stereocenters. The lowest BCUT2D eigenvalue weighted by Gasteiger charge is -2.29. The lowest BCUT2D eigenvalue weighted by atomic mass is 9.88. The van der Waals surface area contributed by atoms with Gasteiger partial charge in [0.15, 0.2) is 5.17 Å². The molecule has 0 bridgehead atoms. The lowest BCUT2D eigenvalue weighted by molar-refractivity contribution is -0.384. The van der Waals surface area contributed by atoms with Crippen LogP contribution < -0.4 is 0 Å². The summed E-state index contributed by atoms with van der Waals surface area (Å²) < 4.78 is 11.8. The first-order chi connectivity index (χ1) is 19.0. The van der Waals surface area contributed by atoms with Crippen molar-refractivity contribution >= 4 is 34.3 Å². The number of nitro benzene ring substituents is 1. The highest BCUT2D eigenvalue weighted by Gasteiger charge is 2.38. The highest BCUT2D eigenvalue weighted by atomic mass is 32.2. The molecule has 0 saturated carbocycles. The Hall–Kier alpha value is -3.08. The second-order valence-corrected chi connectivity index (χ2v) is 10.5. The van der Waals surface area contributed by atoms with Crippen LogP contribution in [0.2, 0.25) is 0 Å². The Kier molecular flexibility index (Phi) is 11.1. The number of nitrogens with zero attached hydrogens (tertiary/aromatic N) is 4. The first kappa shape index (κ1) is 28.9. The van der Waals surface area contributed by atoms with Gasteiger partial charge in [0.05, 0.1) is 36.5 Å². The third-order valence-corrected chi connectivity index (χ3v) is 7.55. The van der Waals surface area contributed by atoms with Gasteiger partial charge in [-0.3, -0.25) is 19.9 Å². The summed E-state index contributed by atoms with van der Waals surface area (Å²) in [4.78, 5) is 36.0. The number of likely N-dealkylation sites (tertiary alicyclic amines) is 1. The van der Waals surface area contributed by atoms with E-state index in [1.807, 2.05) is 24.5 Å². The fourth-order valence-electron chi connectivity index (χ4n) is 4.88. The van der Waals surface area contributed by atoms with Crippen molar-refractivity contribution in [3.8, 4) is 0 Å². The van der Waals surface area contributed by atoms with Crippen LogP contribution in [0, 0.1) is 16.0 Å². The molecule has 0 N–H and O–H groups in total. The van der Waals surface area contributed by atoms with E-state index in [1.54, 1.807) is 12.1 Å². The largest absolute Gasteiger partial charge is 0.465 e. The molecular formula is C29H36N4O5S. The number of aliphatic imine (C=N–C) groups is 2. The number of esters is 1. The van der Waals surface area contributed by atoms with Gasteiger partial charge in [-0.25, -0.2) is 4.99 Å². The fourth-order valence-corrected chi connectivity index (χ4v) is 5.31. The third-order valence-electron chi connectivity index (χ3n) is 6.99. The van der Waals surface area contributed by atoms with Crippen molar-refractivity contribution in [2.24, 2.45) is 15.9 Å². The molecule has 0 radical (unpaired) electrons. The Morgan fingerprint density at radius 2 is 1.82 bits per heavy atom. The van der Waals surface area contributed by atoms with Gasteiger partial charge in [0, 0.05) is 18.7 Å². The first-order valence-electron chi connectivity index (χ1n) is 13.5. The predicted octanol–water partition coefficient (Wildman–Crippen LogP) is 5.10. The van der Waals surface area contributed by atoms with Crippen molar-refractivity contribution < 1.29 is 19.2 Å². The number of piperidine rings is 1. The molecule has 0 amide bonds. The van der Waals surface area contributed by atoms with Gasteiger partial charge in [-0.1, -0.05) is 60.6 Å². The molecule has 0 aliphatic carbocycles. The molecule has 2 atom stereocenters. The standard InChI is InChI=1S/C29H36N4O5S/c1-39-29-30-25(21-37-20-18-32-16-6-3-7-17-32)26(27(31-29)23-12-14-24(15-13-23)33(35)36)28(34)38-19-8-11-22-9-4-2-5-10-22/h2,4-5,9-10,12-15,26-27H,3,6-8,11,16-21H2,1H3. The van der Waals surface area contributed by atoms with Gasteiger partial charge in [0.2, 0.25) is 0 Å². The third kappa shape index (κ3) is 8.45. The van der Waals surface area contributed by atoms with Gasteiger partial charge in [0.1, 0.15) is 5.92 Å². The Balaban J connectivity index is 1.46. The number of amidine groups is 1. The lowest BCUT2D eigenvalue weighted by Crippen LogP contribution is -2.38. The van der Waals surface area contributed by atoms with E-state index in [1.165, 1.54) is 48.7 Å². The first-order valence-corrected chi connectivity index (χ1v) is 14.7. The molecule has 0 spiro atoms. The zero-order chi connectivity index (χ0) is 27.5. The molecule has 4 rings (SSSR count). The number of carbonyl (C=O) groups is 1. The minimum atomic E-state index is -0.769. The van der Waals surface area contributed by atoms with Crippen molar-refractivity contribution in [2.45, 2.75) is 38.1 Å². The average Bonchev–Trinajstić information content (AvgIpc) is 2.98. The molecule has 39 heavy (non-hydrogen) atoms. The summed E-state index contributed by atoms with van der Waals surface area (Å²) in [6.07, 6.45) is 7.10. The second kappa shape index (κ2) is 14.9. The summed E-state index contributed by atoms with van der Waals surface area (Å²) in [5, 5.41) is 11.7. The summed E-state index contributed by atoms with van der Waals surface area (Å²) in [6, 6.07) is 15.6. The Morgan fingerprint density at radius 3 is 2.51 bits per heavy atom. The van der Waals surface area contributed by atoms with E-state index in [0.29, 0.717) is 29.5 Å². The highest BCUT2D eigenvalue weighted by molar-refractivity contribution is 8.13. The van der Waals surface area contributed by atoms with Crippen LogP contribution in [0.3, 0.4) is 0 Å². The summed E-state index contributed by atoms with van der Waals surface area (Å²) in [6.45, 7) is 4.05. The van der Waals surface area contributed by atoms with Gasteiger partial charge < -0.3 is 14.4 Å². The molecule has 9 nitrogen and oxygen atoms in total. The minimum Gasteiger partial charge on any atom is -0.465 e. The molecule has 2 aliphatic rings. The molecule has 2 aliphatic heterocycles. The van der Waals surface area contributed by atoms with Crippen LogP contribution in [0.4, 0.5) is 5.69 Å². The van der Waals surface area contributed by atoms with E-state index < -0.39 is 22.9 Å². The second-order valence-electron chi connectivity index (χ2n) is 9.70. The van der Waals surface area contributed by atoms with Crippen molar-refractivity contribution in [1.29, 1.82) is 0 Å². The van der Waals surface area contributed by atoms with Crippen molar-refractivity contribution in [3.05, 3.63) is 75.8 Å². The molecule has 1 saturated heterocycles. The minimum absolute atomic E-state index is 0.0152. The van der Waals surface area contributed by atoms with Gasteiger partial charge in [-0.15, -0.1) is 0 Å². The van der Waals surface area contributed by atoms with E-state index in [4.69, 9.17) is 14.5 Å². The van der Waals surface area contributed by atoms with Crippen LogP contribution in [-0.2, 0) is 20.7 Å².